The summed E-state index contributed by atoms with van der Waals surface area (Å²) in [6, 6.07) is 4.63. The molecule has 0 bridgehead atoms. The highest BCUT2D eigenvalue weighted by atomic mass is 31.2. The van der Waals surface area contributed by atoms with E-state index in [4.69, 9.17) is 9.26 Å². The molecule has 0 radical (unpaired) electrons. The van der Waals surface area contributed by atoms with E-state index < -0.39 is 62.4 Å². The van der Waals surface area contributed by atoms with Crippen LogP contribution in [0.15, 0.2) is 30.5 Å². The highest BCUT2D eigenvalue weighted by molar-refractivity contribution is 7.50. The van der Waals surface area contributed by atoms with Crippen molar-refractivity contribution in [2.24, 2.45) is 5.92 Å². The van der Waals surface area contributed by atoms with Gasteiger partial charge in [0.15, 0.2) is 6.29 Å². The Kier molecular flexibility index (Phi) is 9.48. The molecular weight excluding hydrogens is 509 g/mol. The number of carbonyl (C=O) groups is 2. The second-order valence-electron chi connectivity index (χ2n) is 9.58. The van der Waals surface area contributed by atoms with Gasteiger partial charge in [-0.1, -0.05) is 32.0 Å². The number of carboxylic acid groups (broad SMARTS) is 1. The van der Waals surface area contributed by atoms with Crippen molar-refractivity contribution in [3.63, 3.8) is 0 Å². The predicted molar refractivity (Wildman–Crippen MR) is 131 cm³/mol. The number of ether oxygens (including phenoxy) is 1. The quantitative estimate of drug-likeness (QED) is 0.180. The second kappa shape index (κ2) is 12.0. The van der Waals surface area contributed by atoms with Gasteiger partial charge >= 0.3 is 13.7 Å². The molecule has 8 N–H and O–H groups in total. The van der Waals surface area contributed by atoms with Gasteiger partial charge in [0, 0.05) is 23.5 Å². The van der Waals surface area contributed by atoms with E-state index in [1.165, 1.54) is 6.92 Å². The van der Waals surface area contributed by atoms with Gasteiger partial charge in [0.05, 0.1) is 12.1 Å². The standard InChI is InChI=1S/C23H34N3O10P/c1-11(2)8-16(26-37(33,34)36-23-20(29)19(28)18(27)12(3)35-23)21(30)25-17(22(31)32)9-13-10-24-15-7-5-4-6-14(13)15/h4-7,10-12,16-20,23-24,27-29H,8-9H2,1-3H3,(H,25,30)(H,31,32)(H2,26,33,34)/t12-,16+,17+,18-,19+,20+,23-/m1/s1. The molecule has 37 heavy (non-hydrogen) atoms. The maximum Gasteiger partial charge on any atom is 0.406 e. The Morgan fingerprint density at radius 1 is 1.14 bits per heavy atom. The average molecular weight is 544 g/mol. The lowest BCUT2D eigenvalue weighted by atomic mass is 10.0. The number of fused-ring (bicyclic) bond motifs is 1. The zero-order chi connectivity index (χ0) is 27.5. The first-order valence-corrected chi connectivity index (χ1v) is 13.4. The van der Waals surface area contributed by atoms with Crippen LogP contribution < -0.4 is 10.4 Å². The summed E-state index contributed by atoms with van der Waals surface area (Å²) in [5.41, 5.74) is 1.48. The molecule has 1 saturated heterocycles. The lowest BCUT2D eigenvalue weighted by Crippen LogP contribution is -2.57. The summed E-state index contributed by atoms with van der Waals surface area (Å²) in [5, 5.41) is 45.0. The minimum Gasteiger partial charge on any atom is -0.480 e. The number of amides is 1. The van der Waals surface area contributed by atoms with Crippen molar-refractivity contribution in [1.82, 2.24) is 15.4 Å². The molecule has 1 aliphatic rings. The van der Waals surface area contributed by atoms with E-state index in [1.54, 1.807) is 20.0 Å². The van der Waals surface area contributed by atoms with Crippen LogP contribution in [-0.2, 0) is 29.8 Å². The zero-order valence-corrected chi connectivity index (χ0v) is 21.5. The van der Waals surface area contributed by atoms with Crippen molar-refractivity contribution in [3.05, 3.63) is 36.0 Å². The number of aliphatic carboxylic acids is 1. The molecule has 13 nitrogen and oxygen atoms in total. The third kappa shape index (κ3) is 7.37. The summed E-state index contributed by atoms with van der Waals surface area (Å²) < 4.78 is 23.0. The maximum absolute atomic E-state index is 13.1. The summed E-state index contributed by atoms with van der Waals surface area (Å²) in [5.74, 6) is -2.27. The lowest BCUT2D eigenvalue weighted by Gasteiger charge is -2.39. The van der Waals surface area contributed by atoms with Crippen LogP contribution in [-0.4, -0.2) is 85.0 Å². The van der Waals surface area contributed by atoms with Gasteiger partial charge in [-0.15, -0.1) is 0 Å². The van der Waals surface area contributed by atoms with E-state index in [0.29, 0.717) is 5.56 Å². The summed E-state index contributed by atoms with van der Waals surface area (Å²) in [7, 11) is -4.83. The highest BCUT2D eigenvalue weighted by Gasteiger charge is 2.45. The maximum atomic E-state index is 13.1. The van der Waals surface area contributed by atoms with Gasteiger partial charge in [0.25, 0.3) is 0 Å². The SMILES string of the molecule is CC(C)C[C@H](NP(=O)(O)O[C@H]1O[C@H](C)[C@@H](O)[C@H](O)[C@@H]1O)C(=O)N[C@@H](Cc1c[nH]c2ccccc12)C(=O)O. The fourth-order valence-electron chi connectivity index (χ4n) is 4.15. The molecule has 3 rings (SSSR count). The van der Waals surface area contributed by atoms with Crippen LogP contribution in [0.25, 0.3) is 10.9 Å². The molecule has 0 saturated carbocycles. The Balaban J connectivity index is 1.72. The van der Waals surface area contributed by atoms with Crippen molar-refractivity contribution in [2.45, 2.75) is 76.4 Å². The van der Waals surface area contributed by atoms with Gasteiger partial charge < -0.3 is 40.4 Å². The van der Waals surface area contributed by atoms with E-state index in [9.17, 15) is 39.5 Å². The third-order valence-corrected chi connectivity index (χ3v) is 7.24. The molecule has 0 spiro atoms. The number of rotatable bonds is 11. The molecule has 14 heteroatoms. The summed E-state index contributed by atoms with van der Waals surface area (Å²) in [6.07, 6.45) is -6.08. The Morgan fingerprint density at radius 2 is 1.81 bits per heavy atom. The minimum atomic E-state index is -4.83. The molecule has 2 heterocycles. The number of nitrogens with one attached hydrogen (secondary N) is 3. The summed E-state index contributed by atoms with van der Waals surface area (Å²) in [4.78, 5) is 38.5. The van der Waals surface area contributed by atoms with Crippen molar-refractivity contribution in [1.29, 1.82) is 0 Å². The second-order valence-corrected chi connectivity index (χ2v) is 11.1. The Morgan fingerprint density at radius 3 is 2.46 bits per heavy atom. The van der Waals surface area contributed by atoms with Crippen LogP contribution in [0.3, 0.4) is 0 Å². The normalized spacial score (nSPS) is 27.5. The van der Waals surface area contributed by atoms with Crippen LogP contribution >= 0.6 is 7.75 Å². The van der Waals surface area contributed by atoms with Crippen LogP contribution in [0.2, 0.25) is 0 Å². The Hall–Kier alpha value is -2.35. The molecule has 1 unspecified atom stereocenters. The van der Waals surface area contributed by atoms with E-state index in [0.717, 1.165) is 10.9 Å². The molecule has 2 aromatic rings. The van der Waals surface area contributed by atoms with Crippen LogP contribution in [0.4, 0.5) is 0 Å². The molecule has 1 aromatic heterocycles. The minimum absolute atomic E-state index is 0.0347. The number of aromatic amines is 1. The van der Waals surface area contributed by atoms with E-state index >= 15 is 0 Å². The van der Waals surface area contributed by atoms with Gasteiger partial charge in [-0.25, -0.2) is 14.4 Å². The van der Waals surface area contributed by atoms with E-state index in [1.807, 2.05) is 24.3 Å². The van der Waals surface area contributed by atoms with Crippen molar-refractivity contribution < 1.29 is 48.7 Å². The number of para-hydroxylation sites is 1. The molecule has 1 aromatic carbocycles. The fourth-order valence-corrected chi connectivity index (χ4v) is 5.28. The summed E-state index contributed by atoms with van der Waals surface area (Å²) >= 11 is 0. The van der Waals surface area contributed by atoms with Crippen LogP contribution in [0.1, 0.15) is 32.8 Å². The first-order chi connectivity index (χ1) is 17.3. The Labute approximate surface area is 213 Å². The fraction of sp³-hybridized carbons (Fsp3) is 0.565. The topological polar surface area (TPSA) is 211 Å². The number of aromatic nitrogens is 1. The number of carbonyl (C=O) groups excluding carboxylic acids is 1. The number of benzene rings is 1. The van der Waals surface area contributed by atoms with Crippen molar-refractivity contribution >= 4 is 30.5 Å². The first kappa shape index (κ1) is 29.2. The first-order valence-electron chi connectivity index (χ1n) is 11.9. The van der Waals surface area contributed by atoms with Gasteiger partial charge in [0.2, 0.25) is 5.91 Å². The molecule has 206 valence electrons. The number of carboxylic acids is 1. The number of H-pyrrole nitrogens is 1. The number of aliphatic hydroxyl groups excluding tert-OH is 3. The van der Waals surface area contributed by atoms with Crippen LogP contribution in [0.5, 0.6) is 0 Å². The smallest absolute Gasteiger partial charge is 0.406 e. The molecule has 8 atom stereocenters. The van der Waals surface area contributed by atoms with Crippen molar-refractivity contribution in [3.8, 4) is 0 Å². The number of aliphatic hydroxyl groups is 3. The van der Waals surface area contributed by atoms with Gasteiger partial charge in [0.1, 0.15) is 24.4 Å². The predicted octanol–water partition coefficient (Wildman–Crippen LogP) is 0.229. The van der Waals surface area contributed by atoms with Gasteiger partial charge in [-0.05, 0) is 30.9 Å². The van der Waals surface area contributed by atoms with Crippen LogP contribution in [0, 0.1) is 5.92 Å². The number of hydrogen-bond acceptors (Lipinski definition) is 8. The highest BCUT2D eigenvalue weighted by Crippen LogP contribution is 2.42. The van der Waals surface area contributed by atoms with E-state index in [2.05, 4.69) is 15.4 Å². The lowest BCUT2D eigenvalue weighted by molar-refractivity contribution is -0.270. The third-order valence-electron chi connectivity index (χ3n) is 6.11. The summed E-state index contributed by atoms with van der Waals surface area (Å²) in [6.45, 7) is 4.90. The Bertz CT molecular complexity index is 1140. The van der Waals surface area contributed by atoms with Gasteiger partial charge in [-0.2, -0.15) is 0 Å². The molecular formula is C23H34N3O10P. The van der Waals surface area contributed by atoms with Crippen molar-refractivity contribution in [2.75, 3.05) is 0 Å². The zero-order valence-electron chi connectivity index (χ0n) is 20.6. The molecule has 1 amide bonds. The van der Waals surface area contributed by atoms with E-state index in [-0.39, 0.29) is 18.8 Å². The van der Waals surface area contributed by atoms with Gasteiger partial charge in [-0.3, -0.25) is 9.32 Å². The molecule has 1 aliphatic heterocycles. The monoisotopic (exact) mass is 543 g/mol. The number of hydrogen-bond donors (Lipinski definition) is 8. The average Bonchev–Trinajstić information content (AvgIpc) is 3.22. The molecule has 1 fully saturated rings. The largest absolute Gasteiger partial charge is 0.480 e. The molecule has 0 aliphatic carbocycles.